The van der Waals surface area contributed by atoms with Gasteiger partial charge in [0.1, 0.15) is 0 Å². The van der Waals surface area contributed by atoms with Gasteiger partial charge >= 0.3 is 0 Å². The predicted octanol–water partition coefficient (Wildman–Crippen LogP) is 2.68. The van der Waals surface area contributed by atoms with Crippen molar-refractivity contribution >= 4 is 27.5 Å². The van der Waals surface area contributed by atoms with Crippen molar-refractivity contribution in [3.8, 4) is 0 Å². The molecular weight excluding hydrogens is 268 g/mol. The van der Waals surface area contributed by atoms with E-state index < -0.39 is 0 Å². The monoisotopic (exact) mass is 284 g/mol. The molecule has 0 aliphatic carbocycles. The molecule has 3 nitrogen and oxygen atoms in total. The van der Waals surface area contributed by atoms with Crippen molar-refractivity contribution in [1.82, 2.24) is 0 Å². The highest BCUT2D eigenvalue weighted by Gasteiger charge is 2.16. The topological polar surface area (TPSA) is 55.1 Å². The number of hydrogen-bond acceptors (Lipinski definition) is 2. The Morgan fingerprint density at radius 2 is 2.06 bits per heavy atom. The van der Waals surface area contributed by atoms with Crippen LogP contribution in [0.4, 0.5) is 5.69 Å². The highest BCUT2D eigenvalue weighted by Crippen LogP contribution is 2.20. The lowest BCUT2D eigenvalue weighted by molar-refractivity contribution is -0.119. The minimum Gasteiger partial charge on any atom is -0.327 e. The Bertz CT molecular complexity index is 391. The first-order valence-corrected chi connectivity index (χ1v) is 6.03. The Kier molecular flexibility index (Phi) is 4.50. The second-order valence-corrected chi connectivity index (χ2v) is 4.96. The zero-order valence-corrected chi connectivity index (χ0v) is 11.3. The highest BCUT2D eigenvalue weighted by atomic mass is 79.9. The molecule has 0 aliphatic heterocycles. The molecule has 88 valence electrons. The number of benzene rings is 1. The Balaban J connectivity index is 2.74. The van der Waals surface area contributed by atoms with Gasteiger partial charge in [-0.05, 0) is 37.6 Å². The van der Waals surface area contributed by atoms with Crippen molar-refractivity contribution in [3.05, 3.63) is 28.2 Å². The first-order valence-electron chi connectivity index (χ1n) is 5.24. The molecule has 1 aromatic rings. The summed E-state index contributed by atoms with van der Waals surface area (Å²) >= 11 is 3.42. The van der Waals surface area contributed by atoms with Gasteiger partial charge < -0.3 is 11.1 Å². The third kappa shape index (κ3) is 3.32. The standard InChI is InChI=1S/C12H17BrN2O/c1-7-6-10(4-5-11(7)13)15-12(16)8(2)9(3)14/h4-6,8-9H,14H2,1-3H3,(H,15,16). The lowest BCUT2D eigenvalue weighted by Gasteiger charge is -2.15. The minimum absolute atomic E-state index is 0.0447. The van der Waals surface area contributed by atoms with Crippen LogP contribution in [0.3, 0.4) is 0 Å². The molecule has 0 spiro atoms. The van der Waals surface area contributed by atoms with E-state index in [1.165, 1.54) is 0 Å². The number of nitrogens with two attached hydrogens (primary N) is 1. The third-order valence-electron chi connectivity index (χ3n) is 2.63. The van der Waals surface area contributed by atoms with Crippen LogP contribution in [0.5, 0.6) is 0 Å². The van der Waals surface area contributed by atoms with Crippen LogP contribution in [0, 0.1) is 12.8 Å². The Hall–Kier alpha value is -0.870. The first-order chi connectivity index (χ1) is 7.41. The largest absolute Gasteiger partial charge is 0.327 e. The van der Waals surface area contributed by atoms with E-state index in [4.69, 9.17) is 5.73 Å². The summed E-state index contributed by atoms with van der Waals surface area (Å²) in [5.41, 5.74) is 7.57. The van der Waals surface area contributed by atoms with E-state index in [0.717, 1.165) is 15.7 Å². The second-order valence-electron chi connectivity index (χ2n) is 4.10. The van der Waals surface area contributed by atoms with Crippen molar-refractivity contribution in [2.45, 2.75) is 26.8 Å². The number of halogens is 1. The minimum atomic E-state index is -0.191. The van der Waals surface area contributed by atoms with E-state index in [0.29, 0.717) is 0 Å². The Morgan fingerprint density at radius 3 is 2.56 bits per heavy atom. The summed E-state index contributed by atoms with van der Waals surface area (Å²) < 4.78 is 1.03. The molecule has 0 radical (unpaired) electrons. The van der Waals surface area contributed by atoms with Gasteiger partial charge in [0.15, 0.2) is 0 Å². The molecule has 0 aliphatic rings. The fourth-order valence-electron chi connectivity index (χ4n) is 1.22. The maximum absolute atomic E-state index is 11.7. The molecule has 0 saturated carbocycles. The third-order valence-corrected chi connectivity index (χ3v) is 3.52. The summed E-state index contributed by atoms with van der Waals surface area (Å²) in [7, 11) is 0. The van der Waals surface area contributed by atoms with Crippen molar-refractivity contribution in [1.29, 1.82) is 0 Å². The number of rotatable bonds is 3. The molecular formula is C12H17BrN2O. The Labute approximate surface area is 105 Å². The Morgan fingerprint density at radius 1 is 1.44 bits per heavy atom. The number of carbonyl (C=O) groups excluding carboxylic acids is 1. The summed E-state index contributed by atoms with van der Waals surface area (Å²) in [6.07, 6.45) is 0. The van der Waals surface area contributed by atoms with Crippen LogP contribution in [0.25, 0.3) is 0 Å². The molecule has 2 unspecified atom stereocenters. The van der Waals surface area contributed by atoms with E-state index in [1.807, 2.05) is 39.0 Å². The van der Waals surface area contributed by atoms with Gasteiger partial charge in [-0.1, -0.05) is 22.9 Å². The fourth-order valence-corrected chi connectivity index (χ4v) is 1.46. The normalized spacial score (nSPS) is 14.3. The van der Waals surface area contributed by atoms with Crippen molar-refractivity contribution in [3.63, 3.8) is 0 Å². The molecule has 4 heteroatoms. The van der Waals surface area contributed by atoms with Crippen molar-refractivity contribution in [2.75, 3.05) is 5.32 Å². The molecule has 0 heterocycles. The number of hydrogen-bond donors (Lipinski definition) is 2. The molecule has 1 aromatic carbocycles. The van der Waals surface area contributed by atoms with E-state index in [1.54, 1.807) is 0 Å². The van der Waals surface area contributed by atoms with Crippen LogP contribution in [-0.2, 0) is 4.79 Å². The van der Waals surface area contributed by atoms with E-state index in [2.05, 4.69) is 21.2 Å². The highest BCUT2D eigenvalue weighted by molar-refractivity contribution is 9.10. The predicted molar refractivity (Wildman–Crippen MR) is 70.3 cm³/mol. The van der Waals surface area contributed by atoms with Gasteiger partial charge in [-0.2, -0.15) is 0 Å². The van der Waals surface area contributed by atoms with Gasteiger partial charge in [-0.25, -0.2) is 0 Å². The van der Waals surface area contributed by atoms with Crippen LogP contribution in [0.2, 0.25) is 0 Å². The molecule has 1 rings (SSSR count). The molecule has 0 aromatic heterocycles. The summed E-state index contributed by atoms with van der Waals surface area (Å²) in [5.74, 6) is -0.235. The maximum atomic E-state index is 11.7. The molecule has 0 saturated heterocycles. The average molecular weight is 285 g/mol. The molecule has 3 N–H and O–H groups in total. The van der Waals surface area contributed by atoms with E-state index >= 15 is 0 Å². The van der Waals surface area contributed by atoms with Crippen molar-refractivity contribution in [2.24, 2.45) is 11.7 Å². The zero-order valence-electron chi connectivity index (χ0n) is 9.75. The quantitative estimate of drug-likeness (QED) is 0.897. The van der Waals surface area contributed by atoms with Gasteiger partial charge in [0, 0.05) is 16.2 Å². The van der Waals surface area contributed by atoms with Crippen LogP contribution < -0.4 is 11.1 Å². The molecule has 0 fully saturated rings. The molecule has 16 heavy (non-hydrogen) atoms. The smallest absolute Gasteiger partial charge is 0.228 e. The summed E-state index contributed by atoms with van der Waals surface area (Å²) in [6.45, 7) is 5.64. The van der Waals surface area contributed by atoms with Crippen LogP contribution >= 0.6 is 15.9 Å². The van der Waals surface area contributed by atoms with Gasteiger partial charge in [0.2, 0.25) is 5.91 Å². The second kappa shape index (κ2) is 5.46. The van der Waals surface area contributed by atoms with Gasteiger partial charge in [-0.3, -0.25) is 4.79 Å². The van der Waals surface area contributed by atoms with Gasteiger partial charge in [0.05, 0.1) is 5.92 Å². The maximum Gasteiger partial charge on any atom is 0.228 e. The van der Waals surface area contributed by atoms with Crippen LogP contribution in [-0.4, -0.2) is 11.9 Å². The van der Waals surface area contributed by atoms with Crippen LogP contribution in [0.15, 0.2) is 22.7 Å². The van der Waals surface area contributed by atoms with Crippen LogP contribution in [0.1, 0.15) is 19.4 Å². The number of aryl methyl sites for hydroxylation is 1. The van der Waals surface area contributed by atoms with E-state index in [-0.39, 0.29) is 17.9 Å². The molecule has 1 amide bonds. The van der Waals surface area contributed by atoms with Gasteiger partial charge in [0.25, 0.3) is 0 Å². The molecule has 2 atom stereocenters. The lowest BCUT2D eigenvalue weighted by atomic mass is 10.0. The lowest BCUT2D eigenvalue weighted by Crippen LogP contribution is -2.34. The zero-order chi connectivity index (χ0) is 12.3. The van der Waals surface area contributed by atoms with Gasteiger partial charge in [-0.15, -0.1) is 0 Å². The average Bonchev–Trinajstić information content (AvgIpc) is 2.22. The summed E-state index contributed by atoms with van der Waals surface area (Å²) in [4.78, 5) is 11.7. The van der Waals surface area contributed by atoms with Crippen molar-refractivity contribution < 1.29 is 4.79 Å². The fraction of sp³-hybridized carbons (Fsp3) is 0.417. The number of carbonyl (C=O) groups is 1. The van der Waals surface area contributed by atoms with E-state index in [9.17, 15) is 4.79 Å². The molecule has 0 bridgehead atoms. The number of anilines is 1. The SMILES string of the molecule is Cc1cc(NC(=O)C(C)C(C)N)ccc1Br. The summed E-state index contributed by atoms with van der Waals surface area (Å²) in [6, 6.07) is 5.57. The number of nitrogens with one attached hydrogen (secondary N) is 1. The number of amides is 1. The first kappa shape index (κ1) is 13.2. The summed E-state index contributed by atoms with van der Waals surface area (Å²) in [5, 5.41) is 2.85.